The molecule has 0 aliphatic rings. The van der Waals surface area contributed by atoms with E-state index in [1.807, 2.05) is 13.8 Å². The number of amides is 1. The second-order valence-corrected chi connectivity index (χ2v) is 7.33. The van der Waals surface area contributed by atoms with Gasteiger partial charge in [0.2, 0.25) is 11.7 Å². The van der Waals surface area contributed by atoms with E-state index in [1.165, 1.54) is 23.0 Å². The van der Waals surface area contributed by atoms with Crippen molar-refractivity contribution in [1.82, 2.24) is 30.2 Å². The Bertz CT molecular complexity index is 1230. The molecule has 32 heavy (non-hydrogen) atoms. The second-order valence-electron chi connectivity index (χ2n) is 7.33. The van der Waals surface area contributed by atoms with Crippen LogP contribution in [0.15, 0.2) is 65.7 Å². The van der Waals surface area contributed by atoms with E-state index < -0.39 is 11.0 Å². The third kappa shape index (κ3) is 4.36. The summed E-state index contributed by atoms with van der Waals surface area (Å²) in [6.45, 7) is 3.86. The highest BCUT2D eigenvalue weighted by atomic mass is 16.6. The first-order valence-corrected chi connectivity index (χ1v) is 9.76. The SMILES string of the molecule is CC(C)C(NC(=O)c1cnn(-c2ccc([N+](=O)[O-])cc2)c1)c1nc(-c2ccncc2)no1. The molecule has 0 aliphatic carbocycles. The molecule has 1 atom stereocenters. The Hall–Kier alpha value is -4.41. The number of hydrogen-bond acceptors (Lipinski definition) is 8. The molecule has 11 nitrogen and oxygen atoms in total. The van der Waals surface area contributed by atoms with Crippen LogP contribution in [0.4, 0.5) is 5.69 Å². The van der Waals surface area contributed by atoms with E-state index in [1.54, 1.807) is 42.9 Å². The van der Waals surface area contributed by atoms with Crippen molar-refractivity contribution in [2.45, 2.75) is 19.9 Å². The maximum absolute atomic E-state index is 12.8. The zero-order chi connectivity index (χ0) is 22.7. The van der Waals surface area contributed by atoms with Crippen LogP contribution in [0.3, 0.4) is 0 Å². The molecule has 3 heterocycles. The molecule has 3 aromatic heterocycles. The van der Waals surface area contributed by atoms with Crippen LogP contribution in [-0.2, 0) is 0 Å². The van der Waals surface area contributed by atoms with Crippen LogP contribution in [-0.4, -0.2) is 35.7 Å². The molecule has 1 N–H and O–H groups in total. The van der Waals surface area contributed by atoms with Crippen LogP contribution in [0.5, 0.6) is 0 Å². The third-order valence-electron chi connectivity index (χ3n) is 4.77. The van der Waals surface area contributed by atoms with Crippen LogP contribution in [0.1, 0.15) is 36.1 Å². The molecule has 0 radical (unpaired) electrons. The van der Waals surface area contributed by atoms with Crippen molar-refractivity contribution in [1.29, 1.82) is 0 Å². The quantitative estimate of drug-likeness (QED) is 0.345. The van der Waals surface area contributed by atoms with E-state index in [4.69, 9.17) is 4.52 Å². The summed E-state index contributed by atoms with van der Waals surface area (Å²) in [5.74, 6) is 0.325. The number of non-ortho nitro benzene ring substituents is 1. The van der Waals surface area contributed by atoms with Gasteiger partial charge >= 0.3 is 0 Å². The molecule has 0 bridgehead atoms. The maximum atomic E-state index is 12.8. The number of nitro groups is 1. The number of carbonyl (C=O) groups excluding carboxylic acids is 1. The van der Waals surface area contributed by atoms with Crippen LogP contribution in [0, 0.1) is 16.0 Å². The fraction of sp³-hybridized carbons (Fsp3) is 0.190. The molecule has 0 saturated heterocycles. The summed E-state index contributed by atoms with van der Waals surface area (Å²) >= 11 is 0. The van der Waals surface area contributed by atoms with Crippen molar-refractivity contribution < 1.29 is 14.2 Å². The van der Waals surface area contributed by atoms with Gasteiger partial charge in [0.25, 0.3) is 11.6 Å². The summed E-state index contributed by atoms with van der Waals surface area (Å²) in [5, 5.41) is 21.9. The summed E-state index contributed by atoms with van der Waals surface area (Å²) in [6.07, 6.45) is 6.24. The number of nitro benzene ring substituents is 1. The van der Waals surface area contributed by atoms with Gasteiger partial charge in [-0.3, -0.25) is 19.9 Å². The predicted molar refractivity (Wildman–Crippen MR) is 113 cm³/mol. The van der Waals surface area contributed by atoms with E-state index in [9.17, 15) is 14.9 Å². The van der Waals surface area contributed by atoms with Gasteiger partial charge in [0.05, 0.1) is 22.4 Å². The van der Waals surface area contributed by atoms with Crippen molar-refractivity contribution in [3.63, 3.8) is 0 Å². The average Bonchev–Trinajstić information content (AvgIpc) is 3.48. The van der Waals surface area contributed by atoms with Crippen molar-refractivity contribution >= 4 is 11.6 Å². The van der Waals surface area contributed by atoms with Crippen molar-refractivity contribution in [2.24, 2.45) is 5.92 Å². The Labute approximate surface area is 182 Å². The first-order chi connectivity index (χ1) is 15.4. The van der Waals surface area contributed by atoms with E-state index in [0.717, 1.165) is 5.56 Å². The molecule has 0 spiro atoms. The Balaban J connectivity index is 1.51. The fourth-order valence-electron chi connectivity index (χ4n) is 3.03. The Morgan fingerprint density at radius 1 is 1.16 bits per heavy atom. The van der Waals surface area contributed by atoms with E-state index in [2.05, 4.69) is 25.5 Å². The molecule has 11 heteroatoms. The van der Waals surface area contributed by atoms with Gasteiger partial charge in [-0.2, -0.15) is 10.1 Å². The Kier molecular flexibility index (Phi) is 5.71. The largest absolute Gasteiger partial charge is 0.340 e. The molecule has 1 unspecified atom stereocenters. The predicted octanol–water partition coefficient (Wildman–Crippen LogP) is 3.35. The average molecular weight is 433 g/mol. The van der Waals surface area contributed by atoms with Crippen LogP contribution in [0.25, 0.3) is 17.1 Å². The van der Waals surface area contributed by atoms with Crippen LogP contribution in [0.2, 0.25) is 0 Å². The smallest absolute Gasteiger partial charge is 0.269 e. The number of benzene rings is 1. The van der Waals surface area contributed by atoms with E-state index in [-0.39, 0.29) is 17.5 Å². The molecular formula is C21H19N7O4. The number of carbonyl (C=O) groups is 1. The number of nitrogens with zero attached hydrogens (tertiary/aromatic N) is 6. The number of pyridine rings is 1. The highest BCUT2D eigenvalue weighted by molar-refractivity contribution is 5.94. The summed E-state index contributed by atoms with van der Waals surface area (Å²) < 4.78 is 6.88. The lowest BCUT2D eigenvalue weighted by molar-refractivity contribution is -0.384. The molecule has 0 aliphatic heterocycles. The Morgan fingerprint density at radius 2 is 1.88 bits per heavy atom. The third-order valence-corrected chi connectivity index (χ3v) is 4.77. The molecule has 1 amide bonds. The van der Waals surface area contributed by atoms with Gasteiger partial charge in [0.15, 0.2) is 0 Å². The summed E-state index contributed by atoms with van der Waals surface area (Å²) in [4.78, 5) is 31.6. The zero-order valence-electron chi connectivity index (χ0n) is 17.2. The molecule has 1 aromatic carbocycles. The lowest BCUT2D eigenvalue weighted by Gasteiger charge is -2.17. The minimum atomic E-state index is -0.506. The van der Waals surface area contributed by atoms with Gasteiger partial charge in [-0.05, 0) is 30.2 Å². The second kappa shape index (κ2) is 8.76. The summed E-state index contributed by atoms with van der Waals surface area (Å²) in [5.41, 5.74) is 1.65. The monoisotopic (exact) mass is 433 g/mol. The van der Waals surface area contributed by atoms with Gasteiger partial charge < -0.3 is 9.84 Å². The van der Waals surface area contributed by atoms with Gasteiger partial charge in [-0.1, -0.05) is 19.0 Å². The molecular weight excluding hydrogens is 414 g/mol. The molecule has 0 saturated carbocycles. The summed E-state index contributed by atoms with van der Waals surface area (Å²) in [6, 6.07) is 8.90. The molecule has 162 valence electrons. The highest BCUT2D eigenvalue weighted by Gasteiger charge is 2.26. The number of nitrogens with one attached hydrogen (secondary N) is 1. The molecule has 0 fully saturated rings. The lowest BCUT2D eigenvalue weighted by atomic mass is 10.0. The first-order valence-electron chi connectivity index (χ1n) is 9.76. The van der Waals surface area contributed by atoms with Gasteiger partial charge in [0, 0.05) is 36.3 Å². The van der Waals surface area contributed by atoms with E-state index >= 15 is 0 Å². The van der Waals surface area contributed by atoms with Crippen molar-refractivity contribution in [2.75, 3.05) is 0 Å². The first kappa shape index (κ1) is 20.8. The molecule has 4 aromatic rings. The lowest BCUT2D eigenvalue weighted by Crippen LogP contribution is -2.31. The fourth-order valence-corrected chi connectivity index (χ4v) is 3.03. The minimum absolute atomic E-state index is 0.0191. The maximum Gasteiger partial charge on any atom is 0.269 e. The number of rotatable bonds is 7. The molecule has 4 rings (SSSR count). The Morgan fingerprint density at radius 3 is 2.53 bits per heavy atom. The van der Waals surface area contributed by atoms with Gasteiger partial charge in [0.1, 0.15) is 6.04 Å². The minimum Gasteiger partial charge on any atom is -0.340 e. The zero-order valence-corrected chi connectivity index (χ0v) is 17.2. The summed E-state index contributed by atoms with van der Waals surface area (Å²) in [7, 11) is 0. The number of aromatic nitrogens is 5. The van der Waals surface area contributed by atoms with Gasteiger partial charge in [-0.15, -0.1) is 0 Å². The normalized spacial score (nSPS) is 12.0. The number of hydrogen-bond donors (Lipinski definition) is 1. The van der Waals surface area contributed by atoms with Crippen LogP contribution >= 0.6 is 0 Å². The van der Waals surface area contributed by atoms with Gasteiger partial charge in [-0.25, -0.2) is 4.68 Å². The van der Waals surface area contributed by atoms with Crippen LogP contribution < -0.4 is 5.32 Å². The van der Waals surface area contributed by atoms with Crippen molar-refractivity contribution in [3.8, 4) is 17.1 Å². The van der Waals surface area contributed by atoms with Crippen molar-refractivity contribution in [3.05, 3.63) is 82.8 Å². The van der Waals surface area contributed by atoms with E-state index in [0.29, 0.717) is 23.0 Å². The topological polar surface area (TPSA) is 142 Å². The highest BCUT2D eigenvalue weighted by Crippen LogP contribution is 2.24. The standard InChI is InChI=1S/C21H19N7O4/c1-13(2)18(21-25-19(26-32-21)14-7-9-22-10-8-14)24-20(29)15-11-23-27(12-15)16-3-5-17(6-4-16)28(30)31/h3-13,18H,1-2H3,(H,24,29).